The second-order valence-corrected chi connectivity index (χ2v) is 7.32. The van der Waals surface area contributed by atoms with E-state index in [1.807, 2.05) is 18.2 Å². The number of nitrogens with zero attached hydrogens (tertiary/aromatic N) is 2. The number of nitrogens with two attached hydrogens (primary N) is 1. The summed E-state index contributed by atoms with van der Waals surface area (Å²) in [5.41, 5.74) is 7.62. The van der Waals surface area contributed by atoms with Crippen LogP contribution >= 0.6 is 11.6 Å². The van der Waals surface area contributed by atoms with Crippen LogP contribution in [0.5, 0.6) is 5.88 Å². The summed E-state index contributed by atoms with van der Waals surface area (Å²) in [6.07, 6.45) is 3.80. The quantitative estimate of drug-likeness (QED) is 0.440. The average Bonchev–Trinajstić information content (AvgIpc) is 3.16. The van der Waals surface area contributed by atoms with Crippen molar-refractivity contribution in [1.82, 2.24) is 15.3 Å². The van der Waals surface area contributed by atoms with Crippen LogP contribution in [0.1, 0.15) is 30.8 Å². The number of aromatic nitrogens is 2. The number of carbonyl (C=O) groups excluding carboxylic acids is 1. The van der Waals surface area contributed by atoms with Crippen LogP contribution in [0.2, 0.25) is 5.02 Å². The Balaban J connectivity index is 1.63. The number of amides is 1. The monoisotopic (exact) mass is 429 g/mol. The molecule has 0 spiro atoms. The van der Waals surface area contributed by atoms with E-state index in [1.165, 1.54) is 6.26 Å². The van der Waals surface area contributed by atoms with Crippen LogP contribution in [0.3, 0.4) is 0 Å². The summed E-state index contributed by atoms with van der Waals surface area (Å²) in [5, 5.41) is 6.44. The third-order valence-electron chi connectivity index (χ3n) is 4.16. The molecule has 158 valence electrons. The fourth-order valence-electron chi connectivity index (χ4n) is 2.65. The number of carbonyl (C=O) groups is 1. The number of nitrogen functional groups attached to an aromatic ring is 1. The Hall–Kier alpha value is -3.10. The van der Waals surface area contributed by atoms with Gasteiger partial charge >= 0.3 is 0 Å². The van der Waals surface area contributed by atoms with E-state index in [9.17, 15) is 4.79 Å². The molecular weight excluding hydrogens is 406 g/mol. The van der Waals surface area contributed by atoms with Crippen molar-refractivity contribution >= 4 is 29.2 Å². The predicted molar refractivity (Wildman–Crippen MR) is 117 cm³/mol. The second kappa shape index (κ2) is 10.1. The molecule has 0 aliphatic carbocycles. The van der Waals surface area contributed by atoms with Crippen molar-refractivity contribution in [3.63, 3.8) is 0 Å². The molecule has 1 aromatic carbocycles. The van der Waals surface area contributed by atoms with Crippen molar-refractivity contribution in [2.75, 3.05) is 24.2 Å². The number of nitrogens with one attached hydrogen (secondary N) is 2. The molecule has 0 aliphatic rings. The van der Waals surface area contributed by atoms with Crippen molar-refractivity contribution < 1.29 is 13.9 Å². The summed E-state index contributed by atoms with van der Waals surface area (Å²) >= 11 is 6.22. The van der Waals surface area contributed by atoms with Gasteiger partial charge in [-0.25, -0.2) is 4.98 Å². The molecule has 2 aromatic heterocycles. The highest BCUT2D eigenvalue weighted by Gasteiger charge is 2.14. The highest BCUT2D eigenvalue weighted by Crippen LogP contribution is 2.29. The molecule has 0 radical (unpaired) electrons. The summed E-state index contributed by atoms with van der Waals surface area (Å²) in [6.45, 7) is 5.71. The number of pyridine rings is 1. The molecule has 1 amide bonds. The van der Waals surface area contributed by atoms with Crippen LogP contribution in [0, 0.1) is 0 Å². The van der Waals surface area contributed by atoms with E-state index in [2.05, 4.69) is 34.4 Å². The largest absolute Gasteiger partial charge is 0.478 e. The molecule has 0 saturated carbocycles. The van der Waals surface area contributed by atoms with Crippen molar-refractivity contribution in [2.24, 2.45) is 0 Å². The zero-order valence-electron chi connectivity index (χ0n) is 16.8. The minimum absolute atomic E-state index is 0.0701. The molecule has 9 heteroatoms. The zero-order valence-corrected chi connectivity index (χ0v) is 17.6. The third kappa shape index (κ3) is 5.95. The third-order valence-corrected chi connectivity index (χ3v) is 4.49. The molecule has 0 fully saturated rings. The van der Waals surface area contributed by atoms with Gasteiger partial charge in [0.05, 0.1) is 17.3 Å². The van der Waals surface area contributed by atoms with E-state index in [-0.39, 0.29) is 11.7 Å². The number of anilines is 2. The number of benzene rings is 1. The number of ether oxygens (including phenoxy) is 1. The second-order valence-electron chi connectivity index (χ2n) is 6.92. The van der Waals surface area contributed by atoms with Crippen LogP contribution in [-0.4, -0.2) is 35.1 Å². The lowest BCUT2D eigenvalue weighted by atomic mass is 10.1. The molecule has 0 atom stereocenters. The Morgan fingerprint density at radius 2 is 2.07 bits per heavy atom. The Kier molecular flexibility index (Phi) is 7.26. The summed E-state index contributed by atoms with van der Waals surface area (Å²) in [7, 11) is 0. The van der Waals surface area contributed by atoms with E-state index in [4.69, 9.17) is 26.5 Å². The maximum Gasteiger partial charge on any atom is 0.292 e. The van der Waals surface area contributed by atoms with E-state index >= 15 is 0 Å². The summed E-state index contributed by atoms with van der Waals surface area (Å²) in [5.74, 6) is 0.0951. The van der Waals surface area contributed by atoms with Crippen LogP contribution in [0.15, 0.2) is 47.2 Å². The van der Waals surface area contributed by atoms with Gasteiger partial charge in [0.1, 0.15) is 6.26 Å². The van der Waals surface area contributed by atoms with Gasteiger partial charge in [0.15, 0.2) is 5.69 Å². The smallest absolute Gasteiger partial charge is 0.292 e. The minimum atomic E-state index is -0.469. The van der Waals surface area contributed by atoms with Gasteiger partial charge in [-0.15, -0.1) is 0 Å². The van der Waals surface area contributed by atoms with Crippen molar-refractivity contribution in [2.45, 2.75) is 26.3 Å². The number of halogens is 1. The van der Waals surface area contributed by atoms with Crippen molar-refractivity contribution in [3.05, 3.63) is 53.5 Å². The first kappa shape index (κ1) is 21.6. The summed E-state index contributed by atoms with van der Waals surface area (Å²) in [6, 6.07) is 9.42. The van der Waals surface area contributed by atoms with Gasteiger partial charge in [-0.1, -0.05) is 31.5 Å². The SMILES string of the molecule is CC(C)NCCCOc1ccc(-c2ccc(Cl)c(NC(=O)c3coc(N)n3)c2)cn1. The highest BCUT2D eigenvalue weighted by atomic mass is 35.5. The van der Waals surface area contributed by atoms with E-state index in [0.717, 1.165) is 24.1 Å². The lowest BCUT2D eigenvalue weighted by Gasteiger charge is -2.10. The minimum Gasteiger partial charge on any atom is -0.478 e. The summed E-state index contributed by atoms with van der Waals surface area (Å²) in [4.78, 5) is 20.4. The Morgan fingerprint density at radius 3 is 2.73 bits per heavy atom. The fraction of sp³-hybridized carbons (Fsp3) is 0.286. The van der Waals surface area contributed by atoms with Crippen LogP contribution < -0.4 is 21.1 Å². The molecule has 30 heavy (non-hydrogen) atoms. The standard InChI is InChI=1S/C21H24ClN5O3/c1-13(2)24-8-3-9-29-19-7-5-15(11-25-19)14-4-6-16(22)17(10-14)26-20(28)18-12-30-21(23)27-18/h4-7,10-13,24H,3,8-9H2,1-2H3,(H2,23,27)(H,26,28). The lowest BCUT2D eigenvalue weighted by molar-refractivity contribution is 0.102. The zero-order chi connectivity index (χ0) is 21.5. The van der Waals surface area contributed by atoms with Crippen LogP contribution in [0.25, 0.3) is 11.1 Å². The van der Waals surface area contributed by atoms with Gasteiger partial charge in [0.2, 0.25) is 5.88 Å². The Morgan fingerprint density at radius 1 is 1.27 bits per heavy atom. The predicted octanol–water partition coefficient (Wildman–Crippen LogP) is 3.99. The number of hydrogen-bond donors (Lipinski definition) is 3. The average molecular weight is 430 g/mol. The fourth-order valence-corrected chi connectivity index (χ4v) is 2.82. The van der Waals surface area contributed by atoms with Crippen molar-refractivity contribution in [1.29, 1.82) is 0 Å². The first-order chi connectivity index (χ1) is 14.4. The molecule has 8 nitrogen and oxygen atoms in total. The first-order valence-electron chi connectivity index (χ1n) is 9.57. The van der Waals surface area contributed by atoms with E-state index in [0.29, 0.717) is 29.2 Å². The van der Waals surface area contributed by atoms with Crippen LogP contribution in [0.4, 0.5) is 11.7 Å². The molecular formula is C21H24ClN5O3. The molecule has 0 saturated heterocycles. The lowest BCUT2D eigenvalue weighted by Crippen LogP contribution is -2.24. The van der Waals surface area contributed by atoms with Gasteiger partial charge in [0, 0.05) is 23.9 Å². The van der Waals surface area contributed by atoms with Gasteiger partial charge in [-0.2, -0.15) is 4.98 Å². The Labute approximate surface area is 179 Å². The first-order valence-corrected chi connectivity index (χ1v) is 9.94. The number of rotatable bonds is 9. The maximum absolute atomic E-state index is 12.3. The van der Waals surface area contributed by atoms with Gasteiger partial charge < -0.3 is 25.5 Å². The molecule has 2 heterocycles. The van der Waals surface area contributed by atoms with Crippen LogP contribution in [-0.2, 0) is 0 Å². The molecule has 3 rings (SSSR count). The maximum atomic E-state index is 12.3. The Bertz CT molecular complexity index is 989. The molecule has 4 N–H and O–H groups in total. The molecule has 0 aliphatic heterocycles. The van der Waals surface area contributed by atoms with Gasteiger partial charge in [-0.3, -0.25) is 4.79 Å². The number of oxazole rings is 1. The normalized spacial score (nSPS) is 10.9. The van der Waals surface area contributed by atoms with Gasteiger partial charge in [0.25, 0.3) is 11.9 Å². The van der Waals surface area contributed by atoms with E-state index in [1.54, 1.807) is 18.3 Å². The topological polar surface area (TPSA) is 115 Å². The highest BCUT2D eigenvalue weighted by molar-refractivity contribution is 6.34. The summed E-state index contributed by atoms with van der Waals surface area (Å²) < 4.78 is 10.5. The molecule has 0 bridgehead atoms. The molecule has 3 aromatic rings. The van der Waals surface area contributed by atoms with E-state index < -0.39 is 5.91 Å². The molecule has 0 unspecified atom stereocenters. The number of hydrogen-bond acceptors (Lipinski definition) is 7. The van der Waals surface area contributed by atoms with Crippen molar-refractivity contribution in [3.8, 4) is 17.0 Å². The van der Waals surface area contributed by atoms with Gasteiger partial charge in [-0.05, 0) is 36.7 Å².